The van der Waals surface area contributed by atoms with E-state index in [2.05, 4.69) is 20.2 Å². The fourth-order valence-electron chi connectivity index (χ4n) is 1.78. The highest BCUT2D eigenvalue weighted by Crippen LogP contribution is 2.16. The number of hydrogen-bond acceptors (Lipinski definition) is 6. The van der Waals surface area contributed by atoms with Crippen molar-refractivity contribution in [1.29, 1.82) is 0 Å². The molecule has 0 saturated carbocycles. The summed E-state index contributed by atoms with van der Waals surface area (Å²) in [6.45, 7) is -0.202. The molecule has 0 fully saturated rings. The van der Waals surface area contributed by atoms with E-state index in [9.17, 15) is 17.2 Å². The number of halogens is 2. The van der Waals surface area contributed by atoms with Gasteiger partial charge in [-0.15, -0.1) is 16.4 Å². The number of nitrogens with zero attached hydrogens (tertiary/aromatic N) is 4. The Bertz CT molecular complexity index is 925. The van der Waals surface area contributed by atoms with Gasteiger partial charge in [-0.1, -0.05) is 6.07 Å². The molecule has 7 nitrogen and oxygen atoms in total. The zero-order valence-electron chi connectivity index (χ0n) is 11.3. The zero-order chi connectivity index (χ0) is 16.4. The normalized spacial score (nSPS) is 11.7. The van der Waals surface area contributed by atoms with Gasteiger partial charge in [-0.25, -0.2) is 21.9 Å². The predicted molar refractivity (Wildman–Crippen MR) is 77.4 cm³/mol. The molecule has 1 N–H and O–H groups in total. The van der Waals surface area contributed by atoms with Crippen LogP contribution in [0.5, 0.6) is 0 Å². The molecule has 0 aliphatic heterocycles. The Morgan fingerprint density at radius 2 is 2.04 bits per heavy atom. The number of sulfonamides is 1. The lowest BCUT2D eigenvalue weighted by atomic mass is 10.3. The maximum absolute atomic E-state index is 13.3. The molecule has 0 amide bonds. The molecular formula is C12H9F2N5O2S2. The fraction of sp³-hybridized carbons (Fsp3) is 0.0833. The molecule has 0 unspecified atom stereocenters. The smallest absolute Gasteiger partial charge is 0.206 e. The minimum absolute atomic E-state index is 0.135. The second-order valence-electron chi connectivity index (χ2n) is 4.36. The van der Waals surface area contributed by atoms with Crippen LogP contribution in [0.1, 0.15) is 5.82 Å². The van der Waals surface area contributed by atoms with E-state index < -0.39 is 21.7 Å². The second-order valence-corrected chi connectivity index (χ2v) is 7.30. The Balaban J connectivity index is 1.83. The first-order valence-corrected chi connectivity index (χ1v) is 8.59. The highest BCUT2D eigenvalue weighted by molar-refractivity contribution is 7.91. The average molecular weight is 357 g/mol. The van der Waals surface area contributed by atoms with Crippen molar-refractivity contribution in [3.8, 4) is 5.69 Å². The number of tetrazole rings is 1. The monoisotopic (exact) mass is 357 g/mol. The van der Waals surface area contributed by atoms with E-state index in [4.69, 9.17) is 0 Å². The zero-order valence-corrected chi connectivity index (χ0v) is 13.0. The van der Waals surface area contributed by atoms with Gasteiger partial charge in [0.1, 0.15) is 4.21 Å². The Kier molecular flexibility index (Phi) is 4.15. The third-order valence-corrected chi connectivity index (χ3v) is 5.66. The Morgan fingerprint density at radius 3 is 2.74 bits per heavy atom. The van der Waals surface area contributed by atoms with Crippen molar-refractivity contribution in [3.63, 3.8) is 0 Å². The van der Waals surface area contributed by atoms with E-state index in [1.807, 2.05) is 0 Å². The first kappa shape index (κ1) is 15.6. The van der Waals surface area contributed by atoms with E-state index in [0.29, 0.717) is 0 Å². The van der Waals surface area contributed by atoms with Gasteiger partial charge in [0.25, 0.3) is 0 Å². The average Bonchev–Trinajstić information content (AvgIpc) is 3.19. The second kappa shape index (κ2) is 6.10. The highest BCUT2D eigenvalue weighted by atomic mass is 32.2. The van der Waals surface area contributed by atoms with Crippen LogP contribution >= 0.6 is 11.3 Å². The Morgan fingerprint density at radius 1 is 1.22 bits per heavy atom. The summed E-state index contributed by atoms with van der Waals surface area (Å²) < 4.78 is 54.0. The maximum atomic E-state index is 13.3. The number of benzene rings is 1. The third-order valence-electron chi connectivity index (χ3n) is 2.86. The molecule has 0 spiro atoms. The first-order chi connectivity index (χ1) is 11.0. The Hall–Kier alpha value is -2.24. The van der Waals surface area contributed by atoms with Crippen molar-refractivity contribution in [2.24, 2.45) is 0 Å². The van der Waals surface area contributed by atoms with E-state index in [0.717, 1.165) is 28.2 Å². The van der Waals surface area contributed by atoms with Gasteiger partial charge in [-0.05, 0) is 34.0 Å². The number of hydrogen-bond donors (Lipinski definition) is 1. The lowest BCUT2D eigenvalue weighted by Gasteiger charge is -2.06. The summed E-state index contributed by atoms with van der Waals surface area (Å²) >= 11 is 1.07. The highest BCUT2D eigenvalue weighted by Gasteiger charge is 2.17. The minimum Gasteiger partial charge on any atom is -0.206 e. The molecule has 120 valence electrons. The van der Waals surface area contributed by atoms with Crippen molar-refractivity contribution < 1.29 is 17.2 Å². The summed E-state index contributed by atoms with van der Waals surface area (Å²) in [6, 6.07) is 6.22. The van der Waals surface area contributed by atoms with Gasteiger partial charge in [0.15, 0.2) is 17.5 Å². The number of aromatic nitrogens is 4. The Labute approximate surface area is 133 Å². The molecule has 3 rings (SSSR count). The number of nitrogens with one attached hydrogen (secondary N) is 1. The van der Waals surface area contributed by atoms with Crippen LogP contribution in [0, 0.1) is 11.6 Å². The molecule has 11 heteroatoms. The van der Waals surface area contributed by atoms with Crippen LogP contribution in [0.3, 0.4) is 0 Å². The third kappa shape index (κ3) is 3.25. The van der Waals surface area contributed by atoms with Crippen molar-refractivity contribution in [2.45, 2.75) is 10.8 Å². The van der Waals surface area contributed by atoms with E-state index >= 15 is 0 Å². The fourth-order valence-corrected chi connectivity index (χ4v) is 3.80. The van der Waals surface area contributed by atoms with Crippen molar-refractivity contribution >= 4 is 21.4 Å². The van der Waals surface area contributed by atoms with E-state index in [1.165, 1.54) is 12.1 Å². The summed E-state index contributed by atoms with van der Waals surface area (Å²) in [5, 5.41) is 12.4. The largest absolute Gasteiger partial charge is 0.250 e. The lowest BCUT2D eigenvalue weighted by Crippen LogP contribution is -2.24. The van der Waals surface area contributed by atoms with E-state index in [1.54, 1.807) is 11.4 Å². The first-order valence-electron chi connectivity index (χ1n) is 6.23. The molecule has 0 radical (unpaired) electrons. The van der Waals surface area contributed by atoms with Crippen LogP contribution in [0.2, 0.25) is 0 Å². The van der Waals surface area contributed by atoms with Gasteiger partial charge in [0, 0.05) is 6.07 Å². The molecule has 23 heavy (non-hydrogen) atoms. The maximum Gasteiger partial charge on any atom is 0.250 e. The van der Waals surface area contributed by atoms with Gasteiger partial charge in [-0.2, -0.15) is 4.68 Å². The topological polar surface area (TPSA) is 89.8 Å². The van der Waals surface area contributed by atoms with Crippen LogP contribution in [0.4, 0.5) is 8.78 Å². The molecule has 0 atom stereocenters. The summed E-state index contributed by atoms with van der Waals surface area (Å²) in [7, 11) is -3.68. The predicted octanol–water partition coefficient (Wildman–Crippen LogP) is 1.48. The summed E-state index contributed by atoms with van der Waals surface area (Å²) in [5.74, 6) is -1.92. The molecule has 3 aromatic rings. The summed E-state index contributed by atoms with van der Waals surface area (Å²) in [6.07, 6.45) is 0. The summed E-state index contributed by atoms with van der Waals surface area (Å²) in [4.78, 5) is 0. The quantitative estimate of drug-likeness (QED) is 0.747. The van der Waals surface area contributed by atoms with Crippen LogP contribution in [0.25, 0.3) is 5.69 Å². The van der Waals surface area contributed by atoms with Crippen LogP contribution in [-0.4, -0.2) is 28.6 Å². The standard InChI is InChI=1S/C12H9F2N5O2S2/c13-9-4-3-8(6-10(9)14)19-11(16-17-18-19)7-15-23(20,21)12-2-1-5-22-12/h1-6,15H,7H2. The van der Waals surface area contributed by atoms with Crippen LogP contribution in [0.15, 0.2) is 39.9 Å². The van der Waals surface area contributed by atoms with Gasteiger partial charge < -0.3 is 0 Å². The van der Waals surface area contributed by atoms with Crippen LogP contribution < -0.4 is 4.72 Å². The molecule has 2 heterocycles. The van der Waals surface area contributed by atoms with Crippen molar-refractivity contribution in [1.82, 2.24) is 24.9 Å². The van der Waals surface area contributed by atoms with Gasteiger partial charge in [0.05, 0.1) is 12.2 Å². The number of rotatable bonds is 5. The van der Waals surface area contributed by atoms with E-state index in [-0.39, 0.29) is 22.3 Å². The van der Waals surface area contributed by atoms with Gasteiger partial charge in [-0.3, -0.25) is 0 Å². The van der Waals surface area contributed by atoms with Gasteiger partial charge in [0.2, 0.25) is 10.0 Å². The van der Waals surface area contributed by atoms with Gasteiger partial charge >= 0.3 is 0 Å². The molecule has 0 aliphatic rings. The van der Waals surface area contributed by atoms with Crippen molar-refractivity contribution in [2.75, 3.05) is 0 Å². The molecule has 1 aromatic carbocycles. The summed E-state index contributed by atoms with van der Waals surface area (Å²) in [5.41, 5.74) is 0.180. The SMILES string of the molecule is O=S(=O)(NCc1nnnn1-c1ccc(F)c(F)c1)c1cccs1. The van der Waals surface area contributed by atoms with Crippen LogP contribution in [-0.2, 0) is 16.6 Å². The minimum atomic E-state index is -3.68. The molecule has 2 aromatic heterocycles. The molecule has 0 bridgehead atoms. The van der Waals surface area contributed by atoms with Crippen molar-refractivity contribution in [3.05, 3.63) is 53.2 Å². The molecule has 0 aliphatic carbocycles. The number of thiophene rings is 1. The molecular weight excluding hydrogens is 348 g/mol. The lowest BCUT2D eigenvalue weighted by molar-refractivity contribution is 0.507. The molecule has 0 saturated heterocycles.